The maximum atomic E-state index is 12.0. The van der Waals surface area contributed by atoms with E-state index in [1.165, 1.54) is 0 Å². The summed E-state index contributed by atoms with van der Waals surface area (Å²) in [6.07, 6.45) is 2.48. The fourth-order valence-corrected chi connectivity index (χ4v) is 2.16. The van der Waals surface area contributed by atoms with E-state index in [-0.39, 0.29) is 25.0 Å². The third kappa shape index (κ3) is 3.74. The molecule has 0 aliphatic carbocycles. The number of halogens is 1. The van der Waals surface area contributed by atoms with Crippen molar-refractivity contribution in [2.45, 2.75) is 13.3 Å². The van der Waals surface area contributed by atoms with Gasteiger partial charge < -0.3 is 15.2 Å². The number of benzene rings is 1. The molecule has 0 saturated carbocycles. The van der Waals surface area contributed by atoms with Gasteiger partial charge in [-0.3, -0.25) is 4.79 Å². The van der Waals surface area contributed by atoms with Crippen LogP contribution in [-0.4, -0.2) is 30.8 Å². The molecule has 20 heavy (non-hydrogen) atoms. The van der Waals surface area contributed by atoms with Gasteiger partial charge in [0.05, 0.1) is 5.57 Å². The third-order valence-electron chi connectivity index (χ3n) is 3.21. The van der Waals surface area contributed by atoms with Crippen LogP contribution < -0.4 is 10.1 Å². The number of nitrogens with one attached hydrogen (secondary N) is 1. The van der Waals surface area contributed by atoms with Gasteiger partial charge in [0, 0.05) is 23.7 Å². The summed E-state index contributed by atoms with van der Waals surface area (Å²) in [5, 5.41) is 12.3. The second kappa shape index (κ2) is 6.77. The number of fused-ring (bicyclic) bond motifs is 1. The molecule has 1 aromatic rings. The van der Waals surface area contributed by atoms with Gasteiger partial charge in [-0.1, -0.05) is 18.5 Å². The van der Waals surface area contributed by atoms with Crippen LogP contribution in [0.4, 0.5) is 0 Å². The molecule has 4 nitrogen and oxygen atoms in total. The minimum Gasteiger partial charge on any atom is -0.488 e. The summed E-state index contributed by atoms with van der Waals surface area (Å²) in [7, 11) is 0. The molecule has 1 aliphatic heterocycles. The van der Waals surface area contributed by atoms with E-state index in [0.717, 1.165) is 11.3 Å². The first-order valence-corrected chi connectivity index (χ1v) is 7.00. The van der Waals surface area contributed by atoms with E-state index < -0.39 is 0 Å². The van der Waals surface area contributed by atoms with Crippen LogP contribution in [0.25, 0.3) is 6.08 Å². The second-order valence-corrected chi connectivity index (χ2v) is 5.40. The Bertz CT molecular complexity index is 528. The molecule has 0 bridgehead atoms. The molecule has 2 rings (SSSR count). The average Bonchev–Trinajstić information content (AvgIpc) is 2.44. The quantitative estimate of drug-likeness (QED) is 0.876. The fraction of sp³-hybridized carbons (Fsp3) is 0.400. The molecular formula is C15H18ClNO3. The van der Waals surface area contributed by atoms with Gasteiger partial charge in [-0.05, 0) is 36.6 Å². The predicted octanol–water partition coefficient (Wildman–Crippen LogP) is 2.25. The summed E-state index contributed by atoms with van der Waals surface area (Å²) in [6, 6.07) is 5.33. The van der Waals surface area contributed by atoms with Gasteiger partial charge in [0.15, 0.2) is 0 Å². The highest BCUT2D eigenvalue weighted by Crippen LogP contribution is 2.28. The van der Waals surface area contributed by atoms with Crippen LogP contribution in [0, 0.1) is 5.92 Å². The van der Waals surface area contributed by atoms with Crippen molar-refractivity contribution in [3.05, 3.63) is 34.4 Å². The lowest BCUT2D eigenvalue weighted by Gasteiger charge is -2.18. The number of aliphatic hydroxyl groups excluding tert-OH is 1. The van der Waals surface area contributed by atoms with Gasteiger partial charge in [-0.2, -0.15) is 0 Å². The SMILES string of the molecule is CC(CCO)CNC(=O)C1=Cc2cc(Cl)ccc2OC1. The lowest BCUT2D eigenvalue weighted by molar-refractivity contribution is -0.118. The molecule has 0 radical (unpaired) electrons. The van der Waals surface area contributed by atoms with Gasteiger partial charge in [-0.15, -0.1) is 0 Å². The molecule has 1 atom stereocenters. The molecule has 0 spiro atoms. The summed E-state index contributed by atoms with van der Waals surface area (Å²) in [6.45, 7) is 2.92. The van der Waals surface area contributed by atoms with E-state index >= 15 is 0 Å². The molecule has 0 aromatic heterocycles. The normalized spacial score (nSPS) is 14.8. The molecule has 1 amide bonds. The molecule has 108 valence electrons. The molecule has 0 fully saturated rings. The lowest BCUT2D eigenvalue weighted by atomic mass is 10.1. The zero-order chi connectivity index (χ0) is 14.5. The van der Waals surface area contributed by atoms with Gasteiger partial charge in [0.2, 0.25) is 0 Å². The Morgan fingerprint density at radius 3 is 3.10 bits per heavy atom. The number of rotatable bonds is 5. The van der Waals surface area contributed by atoms with E-state index in [4.69, 9.17) is 21.4 Å². The van der Waals surface area contributed by atoms with Crippen LogP contribution in [0.5, 0.6) is 5.75 Å². The first-order valence-electron chi connectivity index (χ1n) is 6.62. The first kappa shape index (κ1) is 14.9. The van der Waals surface area contributed by atoms with Crippen LogP contribution in [0.3, 0.4) is 0 Å². The number of hydrogen-bond donors (Lipinski definition) is 2. The summed E-state index contributed by atoms with van der Waals surface area (Å²) in [5.74, 6) is 0.843. The standard InChI is InChI=1S/C15H18ClNO3/c1-10(4-5-18)8-17-15(19)12-6-11-7-13(16)2-3-14(11)20-9-12/h2-3,6-7,10,18H,4-5,8-9H2,1H3,(H,17,19). The van der Waals surface area contributed by atoms with Crippen molar-refractivity contribution in [3.8, 4) is 5.75 Å². The van der Waals surface area contributed by atoms with Crippen molar-refractivity contribution in [3.63, 3.8) is 0 Å². The molecule has 1 heterocycles. The summed E-state index contributed by atoms with van der Waals surface area (Å²) in [5.41, 5.74) is 1.40. The Balaban J connectivity index is 2.01. The van der Waals surface area contributed by atoms with Crippen LogP contribution >= 0.6 is 11.6 Å². The molecule has 0 saturated heterocycles. The van der Waals surface area contributed by atoms with E-state index in [1.54, 1.807) is 24.3 Å². The van der Waals surface area contributed by atoms with Gasteiger partial charge >= 0.3 is 0 Å². The number of carbonyl (C=O) groups excluding carboxylic acids is 1. The summed E-state index contributed by atoms with van der Waals surface area (Å²) >= 11 is 5.93. The van der Waals surface area contributed by atoms with Crippen molar-refractivity contribution in [2.75, 3.05) is 19.8 Å². The Morgan fingerprint density at radius 2 is 2.35 bits per heavy atom. The zero-order valence-corrected chi connectivity index (χ0v) is 12.1. The van der Waals surface area contributed by atoms with Crippen molar-refractivity contribution >= 4 is 23.6 Å². The second-order valence-electron chi connectivity index (χ2n) is 4.97. The van der Waals surface area contributed by atoms with E-state index in [9.17, 15) is 4.79 Å². The average molecular weight is 296 g/mol. The molecule has 1 aliphatic rings. The maximum absolute atomic E-state index is 12.0. The highest BCUT2D eigenvalue weighted by Gasteiger charge is 2.17. The number of aliphatic hydroxyl groups is 1. The molecule has 1 aromatic carbocycles. The highest BCUT2D eigenvalue weighted by molar-refractivity contribution is 6.30. The van der Waals surface area contributed by atoms with Crippen molar-refractivity contribution < 1.29 is 14.6 Å². The number of amides is 1. The zero-order valence-electron chi connectivity index (χ0n) is 11.4. The van der Waals surface area contributed by atoms with E-state index in [1.807, 2.05) is 6.92 Å². The predicted molar refractivity (Wildman–Crippen MR) is 78.8 cm³/mol. The van der Waals surface area contributed by atoms with E-state index in [2.05, 4.69) is 5.32 Å². The lowest BCUT2D eigenvalue weighted by Crippen LogP contribution is -2.32. The minimum absolute atomic E-state index is 0.134. The fourth-order valence-electron chi connectivity index (χ4n) is 1.98. The van der Waals surface area contributed by atoms with Crippen molar-refractivity contribution in [1.82, 2.24) is 5.32 Å². The Kier molecular flexibility index (Phi) is 5.04. The molecular weight excluding hydrogens is 278 g/mol. The van der Waals surface area contributed by atoms with Crippen molar-refractivity contribution in [1.29, 1.82) is 0 Å². The van der Waals surface area contributed by atoms with Gasteiger partial charge in [0.1, 0.15) is 12.4 Å². The van der Waals surface area contributed by atoms with Crippen LogP contribution in [0.15, 0.2) is 23.8 Å². The molecule has 2 N–H and O–H groups in total. The van der Waals surface area contributed by atoms with Gasteiger partial charge in [-0.25, -0.2) is 0 Å². The largest absolute Gasteiger partial charge is 0.488 e. The first-order chi connectivity index (χ1) is 9.60. The summed E-state index contributed by atoms with van der Waals surface area (Å²) in [4.78, 5) is 12.0. The van der Waals surface area contributed by atoms with Crippen LogP contribution in [0.2, 0.25) is 5.02 Å². The van der Waals surface area contributed by atoms with Crippen LogP contribution in [-0.2, 0) is 4.79 Å². The maximum Gasteiger partial charge on any atom is 0.250 e. The Labute approximate surface area is 123 Å². The molecule has 5 heteroatoms. The molecule has 1 unspecified atom stereocenters. The number of carbonyl (C=O) groups is 1. The summed E-state index contributed by atoms with van der Waals surface area (Å²) < 4.78 is 5.54. The number of hydrogen-bond acceptors (Lipinski definition) is 3. The minimum atomic E-state index is -0.139. The van der Waals surface area contributed by atoms with Crippen molar-refractivity contribution in [2.24, 2.45) is 5.92 Å². The monoisotopic (exact) mass is 295 g/mol. The Hall–Kier alpha value is -1.52. The topological polar surface area (TPSA) is 58.6 Å². The van der Waals surface area contributed by atoms with E-state index in [0.29, 0.717) is 23.6 Å². The third-order valence-corrected chi connectivity index (χ3v) is 3.44. The smallest absolute Gasteiger partial charge is 0.250 e. The van der Waals surface area contributed by atoms with Gasteiger partial charge in [0.25, 0.3) is 5.91 Å². The Morgan fingerprint density at radius 1 is 1.55 bits per heavy atom. The highest BCUT2D eigenvalue weighted by atomic mass is 35.5. The van der Waals surface area contributed by atoms with Crippen LogP contribution in [0.1, 0.15) is 18.9 Å². The number of ether oxygens (including phenoxy) is 1.